The smallest absolute Gasteiger partial charge is 0.416 e. The molecule has 0 saturated carbocycles. The maximum Gasteiger partial charge on any atom is 0.416 e. The summed E-state index contributed by atoms with van der Waals surface area (Å²) in [6.45, 7) is 0. The Morgan fingerprint density at radius 2 is 1.73 bits per heavy atom. The third kappa shape index (κ3) is 4.35. The van der Waals surface area contributed by atoms with Crippen molar-refractivity contribution in [1.29, 1.82) is 0 Å². The molecule has 0 amide bonds. The zero-order valence-corrected chi connectivity index (χ0v) is 17.2. The topological polar surface area (TPSA) is 115 Å². The van der Waals surface area contributed by atoms with Gasteiger partial charge in [0.25, 0.3) is 5.69 Å². The van der Waals surface area contributed by atoms with Crippen LogP contribution in [0.25, 0.3) is 0 Å². The van der Waals surface area contributed by atoms with E-state index in [0.717, 1.165) is 12.1 Å². The van der Waals surface area contributed by atoms with Crippen molar-refractivity contribution in [1.82, 2.24) is 0 Å². The molecule has 0 spiro atoms. The van der Waals surface area contributed by atoms with Gasteiger partial charge in [0.2, 0.25) is 0 Å². The lowest BCUT2D eigenvalue weighted by atomic mass is 9.95. The number of nitro benzene ring substituents is 1. The number of non-ortho nitro benzene ring substituents is 1. The molecule has 0 aromatic heterocycles. The Kier molecular flexibility index (Phi) is 5.50. The van der Waals surface area contributed by atoms with Gasteiger partial charge in [-0.2, -0.15) is 13.2 Å². The highest BCUT2D eigenvalue weighted by molar-refractivity contribution is 5.49. The summed E-state index contributed by atoms with van der Waals surface area (Å²) in [5.74, 6) is 0.630. The molecule has 11 heteroatoms. The number of nitrogens with one attached hydrogen (secondary N) is 1. The number of halogens is 3. The molecule has 33 heavy (non-hydrogen) atoms. The van der Waals surface area contributed by atoms with E-state index in [9.17, 15) is 23.3 Å². The zero-order chi connectivity index (χ0) is 23.8. The van der Waals surface area contributed by atoms with Gasteiger partial charge in [-0.25, -0.2) is 0 Å². The van der Waals surface area contributed by atoms with E-state index in [4.69, 9.17) is 10.5 Å². The first kappa shape index (κ1) is 22.2. The van der Waals surface area contributed by atoms with Crippen molar-refractivity contribution in [2.75, 3.05) is 12.4 Å². The van der Waals surface area contributed by atoms with Gasteiger partial charge >= 0.3 is 6.18 Å². The predicted molar refractivity (Wildman–Crippen MR) is 113 cm³/mol. The van der Waals surface area contributed by atoms with Crippen LogP contribution in [0.1, 0.15) is 11.1 Å². The van der Waals surface area contributed by atoms with Gasteiger partial charge in [0.15, 0.2) is 11.8 Å². The van der Waals surface area contributed by atoms with E-state index in [1.165, 1.54) is 37.4 Å². The van der Waals surface area contributed by atoms with Crippen LogP contribution in [0.5, 0.6) is 5.75 Å². The summed E-state index contributed by atoms with van der Waals surface area (Å²) in [6, 6.07) is 15.1. The fourth-order valence-electron chi connectivity index (χ4n) is 3.46. The average molecular weight is 457 g/mol. The molecule has 1 aliphatic rings. The second-order valence-electron chi connectivity index (χ2n) is 7.35. The minimum absolute atomic E-state index is 0.166. The van der Waals surface area contributed by atoms with Crippen LogP contribution in [0.3, 0.4) is 0 Å². The second-order valence-corrected chi connectivity index (χ2v) is 7.35. The van der Waals surface area contributed by atoms with E-state index in [1.54, 1.807) is 24.3 Å². The highest BCUT2D eigenvalue weighted by Crippen LogP contribution is 2.33. The molecule has 4 rings (SSSR count). The second kappa shape index (κ2) is 8.17. The van der Waals surface area contributed by atoms with Crippen molar-refractivity contribution in [2.24, 2.45) is 15.7 Å². The van der Waals surface area contributed by atoms with E-state index in [0.29, 0.717) is 16.8 Å². The molecule has 0 fully saturated rings. The van der Waals surface area contributed by atoms with Crippen LogP contribution in [0.4, 0.5) is 24.5 Å². The van der Waals surface area contributed by atoms with Crippen molar-refractivity contribution in [3.63, 3.8) is 0 Å². The van der Waals surface area contributed by atoms with Crippen LogP contribution in [0.2, 0.25) is 0 Å². The van der Waals surface area contributed by atoms with Crippen molar-refractivity contribution in [3.05, 3.63) is 98.7 Å². The van der Waals surface area contributed by atoms with Gasteiger partial charge in [-0.3, -0.25) is 25.8 Å². The van der Waals surface area contributed by atoms with E-state index in [1.807, 2.05) is 0 Å². The lowest BCUT2D eigenvalue weighted by molar-refractivity contribution is -0.385. The number of anilines is 1. The van der Waals surface area contributed by atoms with Gasteiger partial charge in [0.1, 0.15) is 5.75 Å². The molecule has 2 atom stereocenters. The fourth-order valence-corrected chi connectivity index (χ4v) is 3.46. The molecule has 0 saturated heterocycles. The molecule has 1 heterocycles. The monoisotopic (exact) mass is 457 g/mol. The molecule has 1 aliphatic heterocycles. The Morgan fingerprint density at radius 1 is 1.06 bits per heavy atom. The maximum atomic E-state index is 13.0. The molecule has 0 aliphatic carbocycles. The number of hydrogen-bond acceptors (Lipinski definition) is 7. The number of nitrogens with two attached hydrogens (primary N) is 1. The number of hydrogen-bond donors (Lipinski definition) is 2. The Morgan fingerprint density at radius 3 is 2.30 bits per heavy atom. The summed E-state index contributed by atoms with van der Waals surface area (Å²) in [7, 11) is 1.53. The minimum Gasteiger partial charge on any atom is -0.497 e. The third-order valence-corrected chi connectivity index (χ3v) is 5.23. The quantitative estimate of drug-likeness (QED) is 0.451. The van der Waals surface area contributed by atoms with Gasteiger partial charge in [0.05, 0.1) is 28.3 Å². The number of nitro groups is 1. The number of rotatable bonds is 5. The highest BCUT2D eigenvalue weighted by atomic mass is 19.4. The standard InChI is InChI=1S/C22H18F3N5O3/c1-33-17-9-6-15(7-10-17)27-20-21(26,13-2-4-14(5-3-13)22(23,24)25)29-19-12-16(30(31)32)8-11-18(19)28-20/h2-12,20,27H,26H2,1H3. The summed E-state index contributed by atoms with van der Waals surface area (Å²) in [5.41, 5.74) is 4.81. The maximum absolute atomic E-state index is 13.0. The number of benzene rings is 3. The molecule has 170 valence electrons. The predicted octanol–water partition coefficient (Wildman–Crippen LogP) is 3.12. The molecule has 2 unspecified atom stereocenters. The van der Waals surface area contributed by atoms with Gasteiger partial charge in [-0.05, 0) is 48.0 Å². The summed E-state index contributed by atoms with van der Waals surface area (Å²) >= 11 is 0. The highest BCUT2D eigenvalue weighted by Gasteiger charge is 2.39. The molecule has 0 bridgehead atoms. The van der Waals surface area contributed by atoms with Crippen LogP contribution < -0.4 is 26.5 Å². The zero-order valence-electron chi connectivity index (χ0n) is 17.2. The van der Waals surface area contributed by atoms with E-state index in [2.05, 4.69) is 15.3 Å². The van der Waals surface area contributed by atoms with Gasteiger partial charge in [-0.15, -0.1) is 0 Å². The fraction of sp³-hybridized carbons (Fsp3) is 0.182. The molecular weight excluding hydrogens is 439 g/mol. The van der Waals surface area contributed by atoms with Gasteiger partial charge in [-0.1, -0.05) is 12.1 Å². The summed E-state index contributed by atoms with van der Waals surface area (Å²) in [6.07, 6.45) is -5.43. The normalized spacial score (nSPS) is 19.6. The average Bonchev–Trinajstić information content (AvgIpc) is 2.79. The first-order valence-corrected chi connectivity index (χ1v) is 9.69. The van der Waals surface area contributed by atoms with E-state index < -0.39 is 28.5 Å². The van der Waals surface area contributed by atoms with Crippen LogP contribution >= 0.6 is 0 Å². The first-order valence-electron chi connectivity index (χ1n) is 9.69. The lowest BCUT2D eigenvalue weighted by Crippen LogP contribution is -2.55. The molecule has 3 aromatic rings. The number of fused-ring (bicyclic) bond motifs is 1. The molecule has 8 nitrogen and oxygen atoms in total. The Hall–Kier alpha value is -3.99. The number of alkyl halides is 3. The number of nitrogens with zero attached hydrogens (tertiary/aromatic N) is 3. The largest absolute Gasteiger partial charge is 0.497 e. The van der Waals surface area contributed by atoms with E-state index in [-0.39, 0.29) is 16.6 Å². The van der Waals surface area contributed by atoms with Crippen molar-refractivity contribution in [3.8, 4) is 5.75 Å². The molecule has 3 aromatic carbocycles. The summed E-state index contributed by atoms with van der Waals surface area (Å²) in [5, 5.41) is 14.9. The number of ether oxygens (including phenoxy) is 1. The molecule has 0 radical (unpaired) electrons. The third-order valence-electron chi connectivity index (χ3n) is 5.23. The van der Waals surface area contributed by atoms with Crippen molar-refractivity contribution >= 4 is 11.4 Å². The molecule has 3 N–H and O–H groups in total. The van der Waals surface area contributed by atoms with Crippen LogP contribution in [0.15, 0.2) is 76.7 Å². The van der Waals surface area contributed by atoms with Crippen LogP contribution in [-0.4, -0.2) is 18.2 Å². The lowest BCUT2D eigenvalue weighted by Gasteiger charge is -2.35. The van der Waals surface area contributed by atoms with Gasteiger partial charge in [0, 0.05) is 17.8 Å². The Bertz CT molecular complexity index is 1310. The Balaban J connectivity index is 1.83. The van der Waals surface area contributed by atoms with Crippen LogP contribution in [0, 0.1) is 10.1 Å². The summed E-state index contributed by atoms with van der Waals surface area (Å²) < 4.78 is 44.3. The number of methoxy groups -OCH3 is 1. The SMILES string of the molecule is COc1ccc(NC2N=c3ccc([N+](=O)[O-])cc3=NC2(N)c2ccc(C(F)(F)F)cc2)cc1. The first-order chi connectivity index (χ1) is 15.6. The van der Waals surface area contributed by atoms with E-state index >= 15 is 0 Å². The van der Waals surface area contributed by atoms with Gasteiger partial charge < -0.3 is 10.1 Å². The minimum atomic E-state index is -4.51. The van der Waals surface area contributed by atoms with Crippen molar-refractivity contribution in [2.45, 2.75) is 18.0 Å². The Labute approximate surface area is 185 Å². The van der Waals surface area contributed by atoms with Crippen molar-refractivity contribution < 1.29 is 22.8 Å². The van der Waals surface area contributed by atoms with Crippen LogP contribution in [-0.2, 0) is 11.8 Å². The molecular formula is C22H18F3N5O3. The summed E-state index contributed by atoms with van der Waals surface area (Å²) in [4.78, 5) is 19.7.